The number of hydrogen-bond acceptors (Lipinski definition) is 7. The minimum absolute atomic E-state index is 0.00820. The Morgan fingerprint density at radius 3 is 2.15 bits per heavy atom. The molecule has 0 fully saturated rings. The molecule has 0 aliphatic heterocycles. The molecule has 0 saturated carbocycles. The van der Waals surface area contributed by atoms with Crippen molar-refractivity contribution in [3.63, 3.8) is 0 Å². The van der Waals surface area contributed by atoms with Crippen molar-refractivity contribution in [2.45, 2.75) is 6.42 Å². The molecule has 0 unspecified atom stereocenters. The van der Waals surface area contributed by atoms with Crippen LogP contribution < -0.4 is 9.47 Å². The van der Waals surface area contributed by atoms with Gasteiger partial charge >= 0.3 is 11.7 Å². The van der Waals surface area contributed by atoms with E-state index in [2.05, 4.69) is 4.74 Å². The lowest BCUT2D eigenvalue weighted by atomic mass is 10.0. The molecular weight excluding hydrogens is 342 g/mol. The zero-order valence-corrected chi connectivity index (χ0v) is 14.5. The Morgan fingerprint density at radius 2 is 1.58 bits per heavy atom. The second kappa shape index (κ2) is 8.11. The van der Waals surface area contributed by atoms with Crippen molar-refractivity contribution < 1.29 is 28.7 Å². The number of methoxy groups -OCH3 is 3. The zero-order valence-electron chi connectivity index (χ0n) is 14.5. The highest BCUT2D eigenvalue weighted by molar-refractivity contribution is 5.99. The van der Waals surface area contributed by atoms with E-state index in [4.69, 9.17) is 9.47 Å². The number of esters is 1. The smallest absolute Gasteiger partial charge is 0.337 e. The van der Waals surface area contributed by atoms with Crippen LogP contribution in [0.5, 0.6) is 11.5 Å². The molecule has 2 aromatic carbocycles. The summed E-state index contributed by atoms with van der Waals surface area (Å²) in [5.74, 6) is -0.410. The Bertz CT molecular complexity index is 861. The van der Waals surface area contributed by atoms with Gasteiger partial charge in [-0.15, -0.1) is 0 Å². The zero-order chi connectivity index (χ0) is 19.3. The van der Waals surface area contributed by atoms with Gasteiger partial charge in [0.05, 0.1) is 31.8 Å². The third-order valence-corrected chi connectivity index (χ3v) is 3.76. The molecule has 0 aromatic heterocycles. The minimum Gasteiger partial charge on any atom is -0.496 e. The summed E-state index contributed by atoms with van der Waals surface area (Å²) < 4.78 is 14.9. The molecule has 0 heterocycles. The summed E-state index contributed by atoms with van der Waals surface area (Å²) in [6.07, 6.45) is -0.00834. The largest absolute Gasteiger partial charge is 0.496 e. The van der Waals surface area contributed by atoms with E-state index < -0.39 is 10.9 Å². The number of rotatable bonds is 7. The summed E-state index contributed by atoms with van der Waals surface area (Å²) in [7, 11) is 4.00. The van der Waals surface area contributed by atoms with E-state index in [-0.39, 0.29) is 29.2 Å². The van der Waals surface area contributed by atoms with E-state index in [1.54, 1.807) is 6.07 Å². The first-order valence-electron chi connectivity index (χ1n) is 7.52. The van der Waals surface area contributed by atoms with Gasteiger partial charge in [-0.2, -0.15) is 0 Å². The SMILES string of the molecule is COC(=O)c1ccc(CC(=O)c2ccc([N+](=O)[O-])c(OC)c2)c(OC)c1. The van der Waals surface area contributed by atoms with Crippen molar-refractivity contribution in [3.8, 4) is 11.5 Å². The van der Waals surface area contributed by atoms with Crippen LogP contribution >= 0.6 is 0 Å². The van der Waals surface area contributed by atoms with Crippen LogP contribution in [0.15, 0.2) is 36.4 Å². The number of hydrogen-bond donors (Lipinski definition) is 0. The normalized spacial score (nSPS) is 10.1. The lowest BCUT2D eigenvalue weighted by Crippen LogP contribution is -2.08. The van der Waals surface area contributed by atoms with Gasteiger partial charge in [0.1, 0.15) is 5.75 Å². The molecule has 8 heteroatoms. The van der Waals surface area contributed by atoms with Gasteiger partial charge in [-0.1, -0.05) is 6.07 Å². The monoisotopic (exact) mass is 359 g/mol. The Kier molecular flexibility index (Phi) is 5.90. The highest BCUT2D eigenvalue weighted by atomic mass is 16.6. The van der Waals surface area contributed by atoms with E-state index in [1.807, 2.05) is 0 Å². The fraction of sp³-hybridized carbons (Fsp3) is 0.222. The molecule has 0 radical (unpaired) electrons. The van der Waals surface area contributed by atoms with Gasteiger partial charge in [-0.3, -0.25) is 14.9 Å². The Hall–Kier alpha value is -3.42. The van der Waals surface area contributed by atoms with E-state index in [9.17, 15) is 19.7 Å². The summed E-state index contributed by atoms with van der Waals surface area (Å²) >= 11 is 0. The van der Waals surface area contributed by atoms with Crippen LogP contribution in [0.2, 0.25) is 0 Å². The van der Waals surface area contributed by atoms with Gasteiger partial charge < -0.3 is 14.2 Å². The van der Waals surface area contributed by atoms with Gasteiger partial charge in [0.25, 0.3) is 0 Å². The van der Waals surface area contributed by atoms with Gasteiger partial charge in [0.2, 0.25) is 0 Å². The van der Waals surface area contributed by atoms with Crippen molar-refractivity contribution in [1.82, 2.24) is 0 Å². The van der Waals surface area contributed by atoms with Crippen LogP contribution in [0.25, 0.3) is 0 Å². The third kappa shape index (κ3) is 3.97. The van der Waals surface area contributed by atoms with Gasteiger partial charge in [-0.25, -0.2) is 4.79 Å². The van der Waals surface area contributed by atoms with Crippen molar-refractivity contribution in [3.05, 3.63) is 63.2 Å². The lowest BCUT2D eigenvalue weighted by molar-refractivity contribution is -0.385. The number of nitro groups is 1. The summed E-state index contributed by atoms with van der Waals surface area (Å²) in [5, 5.41) is 10.9. The lowest BCUT2D eigenvalue weighted by Gasteiger charge is -2.10. The van der Waals surface area contributed by atoms with Crippen molar-refractivity contribution in [2.24, 2.45) is 0 Å². The predicted molar refractivity (Wildman–Crippen MR) is 92.0 cm³/mol. The molecule has 0 N–H and O–H groups in total. The van der Waals surface area contributed by atoms with Crippen LogP contribution in [0.3, 0.4) is 0 Å². The van der Waals surface area contributed by atoms with Crippen molar-refractivity contribution in [2.75, 3.05) is 21.3 Å². The average Bonchev–Trinajstić information content (AvgIpc) is 2.66. The molecule has 136 valence electrons. The van der Waals surface area contributed by atoms with E-state index in [0.717, 1.165) is 0 Å². The summed E-state index contributed by atoms with van der Waals surface area (Å²) in [4.78, 5) is 34.5. The molecule has 0 aliphatic carbocycles. The Balaban J connectivity index is 2.30. The highest BCUT2D eigenvalue weighted by Crippen LogP contribution is 2.29. The van der Waals surface area contributed by atoms with Crippen LogP contribution in [0.4, 0.5) is 5.69 Å². The molecule has 2 aromatic rings. The molecule has 8 nitrogen and oxygen atoms in total. The fourth-order valence-electron chi connectivity index (χ4n) is 2.41. The number of nitro benzene ring substituents is 1. The number of carbonyl (C=O) groups excluding carboxylic acids is 2. The third-order valence-electron chi connectivity index (χ3n) is 3.76. The maximum atomic E-state index is 12.5. The number of nitrogens with zero attached hydrogens (tertiary/aromatic N) is 1. The summed E-state index contributed by atoms with van der Waals surface area (Å²) in [5.41, 5.74) is 0.927. The molecular formula is C18H17NO7. The van der Waals surface area contributed by atoms with E-state index in [0.29, 0.717) is 16.9 Å². The standard InChI is InChI=1S/C18H17NO7/c1-24-16-10-13(18(21)26-3)5-4-12(16)8-15(20)11-6-7-14(19(22)23)17(9-11)25-2/h4-7,9-10H,8H2,1-3H3. The average molecular weight is 359 g/mol. The molecule has 0 amide bonds. The number of carbonyl (C=O) groups is 2. The van der Waals surface area contributed by atoms with Crippen LogP contribution in [-0.4, -0.2) is 38.0 Å². The number of ether oxygens (including phenoxy) is 3. The van der Waals surface area contributed by atoms with Gasteiger partial charge in [0, 0.05) is 23.6 Å². The molecule has 2 rings (SSSR count). The van der Waals surface area contributed by atoms with Crippen molar-refractivity contribution >= 4 is 17.4 Å². The number of Topliss-reactive ketones (excluding diaryl/α,β-unsaturated/α-hetero) is 1. The molecule has 26 heavy (non-hydrogen) atoms. The first kappa shape index (κ1) is 18.9. The maximum absolute atomic E-state index is 12.5. The highest BCUT2D eigenvalue weighted by Gasteiger charge is 2.19. The predicted octanol–water partition coefficient (Wildman–Crippen LogP) is 2.82. The summed E-state index contributed by atoms with van der Waals surface area (Å²) in [6, 6.07) is 8.56. The van der Waals surface area contributed by atoms with Gasteiger partial charge in [0.15, 0.2) is 11.5 Å². The topological polar surface area (TPSA) is 105 Å². The Labute approximate surface area is 149 Å². The number of ketones is 1. The first-order valence-corrected chi connectivity index (χ1v) is 7.52. The first-order chi connectivity index (χ1) is 12.4. The minimum atomic E-state index is -0.582. The quantitative estimate of drug-likeness (QED) is 0.324. The second-order valence-electron chi connectivity index (χ2n) is 5.26. The molecule has 0 saturated heterocycles. The van der Waals surface area contributed by atoms with Crippen molar-refractivity contribution in [1.29, 1.82) is 0 Å². The molecule has 0 bridgehead atoms. The maximum Gasteiger partial charge on any atom is 0.337 e. The van der Waals surface area contributed by atoms with Gasteiger partial charge in [-0.05, 0) is 24.3 Å². The van der Waals surface area contributed by atoms with E-state index in [1.165, 1.54) is 51.7 Å². The molecule has 0 aliphatic rings. The molecule has 0 atom stereocenters. The molecule has 0 spiro atoms. The Morgan fingerprint density at radius 1 is 0.962 bits per heavy atom. The van der Waals surface area contributed by atoms with Crippen LogP contribution in [0.1, 0.15) is 26.3 Å². The number of benzene rings is 2. The van der Waals surface area contributed by atoms with Crippen LogP contribution in [0, 0.1) is 10.1 Å². The van der Waals surface area contributed by atoms with E-state index >= 15 is 0 Å². The fourth-order valence-corrected chi connectivity index (χ4v) is 2.41. The van der Waals surface area contributed by atoms with Crippen LogP contribution in [-0.2, 0) is 11.2 Å². The summed E-state index contributed by atoms with van der Waals surface area (Å²) in [6.45, 7) is 0. The second-order valence-corrected chi connectivity index (χ2v) is 5.26.